The number of morpholine rings is 1. The van der Waals surface area contributed by atoms with Crippen LogP contribution in [-0.4, -0.2) is 48.1 Å². The largest absolute Gasteiger partial charge is 0.378 e. The first-order valence-electron chi connectivity index (χ1n) is 9.51. The van der Waals surface area contributed by atoms with Crippen LogP contribution in [0.4, 0.5) is 5.69 Å². The molecule has 2 aromatic heterocycles. The van der Waals surface area contributed by atoms with Gasteiger partial charge in [-0.2, -0.15) is 10.3 Å². The van der Waals surface area contributed by atoms with E-state index in [-0.39, 0.29) is 5.56 Å². The molecule has 8 heteroatoms. The zero-order valence-electron chi connectivity index (χ0n) is 16.0. The van der Waals surface area contributed by atoms with Gasteiger partial charge >= 0.3 is 0 Å². The summed E-state index contributed by atoms with van der Waals surface area (Å²) in [6, 6.07) is 15.6. The van der Waals surface area contributed by atoms with E-state index in [2.05, 4.69) is 32.6 Å². The van der Waals surface area contributed by atoms with Crippen LogP contribution in [0.1, 0.15) is 0 Å². The highest BCUT2D eigenvalue weighted by atomic mass is 16.7. The molecule has 4 aromatic rings. The van der Waals surface area contributed by atoms with Gasteiger partial charge in [0.25, 0.3) is 5.56 Å². The Bertz CT molecular complexity index is 1240. The quantitative estimate of drug-likeness (QED) is 0.520. The lowest BCUT2D eigenvalue weighted by atomic mass is 10.1. The molecule has 29 heavy (non-hydrogen) atoms. The highest BCUT2D eigenvalue weighted by Gasteiger charge is 2.16. The van der Waals surface area contributed by atoms with Crippen molar-refractivity contribution in [2.24, 2.45) is 0 Å². The number of anilines is 1. The van der Waals surface area contributed by atoms with E-state index in [9.17, 15) is 4.79 Å². The third-order valence-corrected chi connectivity index (χ3v) is 5.19. The van der Waals surface area contributed by atoms with Gasteiger partial charge < -0.3 is 14.6 Å². The molecule has 0 saturated carbocycles. The second-order valence-corrected chi connectivity index (χ2v) is 6.94. The fourth-order valence-electron chi connectivity index (χ4n) is 3.76. The first-order valence-corrected chi connectivity index (χ1v) is 9.51. The van der Waals surface area contributed by atoms with Crippen molar-refractivity contribution in [2.75, 3.05) is 43.9 Å². The Morgan fingerprint density at radius 1 is 1.14 bits per heavy atom. The molecule has 3 heterocycles. The fourth-order valence-corrected chi connectivity index (χ4v) is 3.76. The van der Waals surface area contributed by atoms with E-state index in [1.165, 1.54) is 11.8 Å². The van der Waals surface area contributed by atoms with E-state index in [1.54, 1.807) is 0 Å². The third-order valence-electron chi connectivity index (χ3n) is 5.19. The molecule has 1 fully saturated rings. The molecular weight excluding hydrogens is 370 g/mol. The Morgan fingerprint density at radius 2 is 1.97 bits per heavy atom. The minimum Gasteiger partial charge on any atom is -0.378 e. The van der Waals surface area contributed by atoms with Crippen LogP contribution in [0.15, 0.2) is 53.3 Å². The lowest BCUT2D eigenvalue weighted by molar-refractivity contribution is 0.122. The number of fused-ring (bicyclic) bond motifs is 2. The number of nitrogens with zero attached hydrogens (tertiary/aromatic N) is 3. The first-order chi connectivity index (χ1) is 14.2. The van der Waals surface area contributed by atoms with Crippen molar-refractivity contribution in [2.45, 2.75) is 0 Å². The summed E-state index contributed by atoms with van der Waals surface area (Å²) in [7, 11) is 1.47. The van der Waals surface area contributed by atoms with Crippen molar-refractivity contribution >= 4 is 27.6 Å². The molecule has 0 unspecified atom stereocenters. The zero-order chi connectivity index (χ0) is 19.8. The average Bonchev–Trinajstić information content (AvgIpc) is 3.19. The van der Waals surface area contributed by atoms with Crippen LogP contribution >= 0.6 is 0 Å². The van der Waals surface area contributed by atoms with Gasteiger partial charge in [0.2, 0.25) is 0 Å². The maximum atomic E-state index is 13.1. The number of pyridine rings is 1. The standard InChI is InChI=1S/C21H21N5O3/c1-28-24-26-19-5-3-2-4-14(19)12-16(21(26)27)20-22-17-7-6-15(13-18(17)23-20)25-8-10-29-11-9-25/h2-7,12-13,24H,8-11H2,1H3,(H,22,23). The number of benzene rings is 2. The topological polar surface area (TPSA) is 84.4 Å². The van der Waals surface area contributed by atoms with E-state index in [4.69, 9.17) is 9.57 Å². The minimum atomic E-state index is -0.238. The Hall–Kier alpha value is -3.36. The predicted molar refractivity (Wildman–Crippen MR) is 113 cm³/mol. The summed E-state index contributed by atoms with van der Waals surface area (Å²) in [5.74, 6) is 0.529. The number of hydrogen-bond acceptors (Lipinski definition) is 6. The summed E-state index contributed by atoms with van der Waals surface area (Å²) in [4.78, 5) is 28.4. The number of aromatic nitrogens is 3. The number of aromatic amines is 1. The van der Waals surface area contributed by atoms with Gasteiger partial charge in [0.05, 0.1) is 42.4 Å². The minimum absolute atomic E-state index is 0.238. The van der Waals surface area contributed by atoms with E-state index in [0.29, 0.717) is 11.4 Å². The Balaban J connectivity index is 1.62. The maximum Gasteiger partial charge on any atom is 0.282 e. The van der Waals surface area contributed by atoms with Crippen LogP contribution in [-0.2, 0) is 9.57 Å². The van der Waals surface area contributed by atoms with Crippen LogP contribution in [0.2, 0.25) is 0 Å². The van der Waals surface area contributed by atoms with E-state index >= 15 is 0 Å². The number of para-hydroxylation sites is 1. The molecule has 0 radical (unpaired) electrons. The molecule has 0 bridgehead atoms. The summed E-state index contributed by atoms with van der Waals surface area (Å²) in [6.45, 7) is 3.19. The van der Waals surface area contributed by atoms with Gasteiger partial charge in [-0.15, -0.1) is 0 Å². The zero-order valence-corrected chi connectivity index (χ0v) is 16.0. The highest BCUT2D eigenvalue weighted by Crippen LogP contribution is 2.25. The van der Waals surface area contributed by atoms with E-state index < -0.39 is 0 Å². The summed E-state index contributed by atoms with van der Waals surface area (Å²) in [6.07, 6.45) is 0. The summed E-state index contributed by atoms with van der Waals surface area (Å²) in [5.41, 5.74) is 6.45. The Kier molecular flexibility index (Phi) is 4.42. The number of H-pyrrole nitrogens is 1. The highest BCUT2D eigenvalue weighted by molar-refractivity contribution is 5.86. The van der Waals surface area contributed by atoms with Crippen LogP contribution in [0.5, 0.6) is 0 Å². The van der Waals surface area contributed by atoms with E-state index in [0.717, 1.165) is 53.9 Å². The summed E-state index contributed by atoms with van der Waals surface area (Å²) < 4.78 is 6.82. The summed E-state index contributed by atoms with van der Waals surface area (Å²) >= 11 is 0. The number of rotatable bonds is 4. The molecule has 1 aliphatic heterocycles. The van der Waals surface area contributed by atoms with Gasteiger partial charge in [-0.05, 0) is 30.3 Å². The third kappa shape index (κ3) is 3.12. The predicted octanol–water partition coefficient (Wildman–Crippen LogP) is 2.49. The van der Waals surface area contributed by atoms with Crippen molar-refractivity contribution < 1.29 is 9.57 Å². The van der Waals surface area contributed by atoms with Crippen LogP contribution in [0.3, 0.4) is 0 Å². The van der Waals surface area contributed by atoms with Gasteiger partial charge in [0.15, 0.2) is 0 Å². The molecule has 0 atom stereocenters. The van der Waals surface area contributed by atoms with Crippen molar-refractivity contribution in [1.82, 2.24) is 14.6 Å². The van der Waals surface area contributed by atoms with Gasteiger partial charge in [0, 0.05) is 24.2 Å². The number of imidazole rings is 1. The van der Waals surface area contributed by atoms with Crippen molar-refractivity contribution in [3.05, 3.63) is 58.9 Å². The van der Waals surface area contributed by atoms with Crippen LogP contribution < -0.4 is 16.0 Å². The van der Waals surface area contributed by atoms with Gasteiger partial charge in [-0.1, -0.05) is 18.2 Å². The second kappa shape index (κ2) is 7.23. The van der Waals surface area contributed by atoms with Crippen LogP contribution in [0, 0.1) is 0 Å². The molecule has 0 amide bonds. The molecule has 1 saturated heterocycles. The number of ether oxygens (including phenoxy) is 1. The number of nitrogens with one attached hydrogen (secondary N) is 2. The lowest BCUT2D eigenvalue weighted by Gasteiger charge is -2.28. The monoisotopic (exact) mass is 391 g/mol. The normalized spacial score (nSPS) is 14.6. The molecule has 1 aliphatic rings. The second-order valence-electron chi connectivity index (χ2n) is 6.94. The summed E-state index contributed by atoms with van der Waals surface area (Å²) in [5, 5.41) is 0.904. The molecule has 0 spiro atoms. The van der Waals surface area contributed by atoms with Crippen molar-refractivity contribution in [3.8, 4) is 11.4 Å². The molecular formula is C21H21N5O3. The molecule has 2 N–H and O–H groups in total. The molecule has 8 nitrogen and oxygen atoms in total. The smallest absolute Gasteiger partial charge is 0.282 e. The molecule has 5 rings (SSSR count). The number of hydrogen-bond donors (Lipinski definition) is 2. The van der Waals surface area contributed by atoms with E-state index in [1.807, 2.05) is 36.4 Å². The molecule has 0 aliphatic carbocycles. The van der Waals surface area contributed by atoms with Crippen LogP contribution in [0.25, 0.3) is 33.3 Å². The Morgan fingerprint density at radius 3 is 2.79 bits per heavy atom. The maximum absolute atomic E-state index is 13.1. The van der Waals surface area contributed by atoms with Crippen molar-refractivity contribution in [3.63, 3.8) is 0 Å². The first kappa shape index (κ1) is 17.7. The average molecular weight is 391 g/mol. The molecule has 148 valence electrons. The fraction of sp³-hybridized carbons (Fsp3) is 0.238. The van der Waals surface area contributed by atoms with Gasteiger partial charge in [0.1, 0.15) is 5.82 Å². The lowest BCUT2D eigenvalue weighted by Crippen LogP contribution is -2.36. The Labute approximate surface area is 166 Å². The van der Waals surface area contributed by atoms with Gasteiger partial charge in [-0.3, -0.25) is 9.63 Å². The van der Waals surface area contributed by atoms with Crippen molar-refractivity contribution in [1.29, 1.82) is 0 Å². The molecule has 2 aromatic carbocycles. The van der Waals surface area contributed by atoms with Gasteiger partial charge in [-0.25, -0.2) is 4.98 Å². The SMILES string of the molecule is CONn1c(=O)c(-c2nc3ccc(N4CCOCC4)cc3[nH]2)cc2ccccc21.